The van der Waals surface area contributed by atoms with Gasteiger partial charge in [-0.2, -0.15) is 5.26 Å². The third-order valence-corrected chi connectivity index (χ3v) is 3.35. The van der Waals surface area contributed by atoms with E-state index in [1.807, 2.05) is 30.0 Å². The quantitative estimate of drug-likeness (QED) is 0.748. The Balaban J connectivity index is 2.54. The summed E-state index contributed by atoms with van der Waals surface area (Å²) in [7, 11) is 0. The molecule has 0 radical (unpaired) electrons. The number of carbonyl (C=O) groups excluding carboxylic acids is 1. The van der Waals surface area contributed by atoms with Crippen molar-refractivity contribution in [3.63, 3.8) is 0 Å². The van der Waals surface area contributed by atoms with E-state index in [1.54, 1.807) is 6.07 Å². The molecule has 0 unspecified atom stereocenters. The molecule has 0 aliphatic heterocycles. The van der Waals surface area contributed by atoms with Gasteiger partial charge >= 0.3 is 0 Å². The number of benzene rings is 1. The van der Waals surface area contributed by atoms with Gasteiger partial charge in [0, 0.05) is 25.6 Å². The molecule has 0 fully saturated rings. The molecule has 1 rings (SSSR count). The number of nitrogens with one attached hydrogen (secondary N) is 1. The Hall–Kier alpha value is -1.86. The Kier molecular flexibility index (Phi) is 7.49. The van der Waals surface area contributed by atoms with Crippen LogP contribution in [0.5, 0.6) is 0 Å². The van der Waals surface area contributed by atoms with Crippen molar-refractivity contribution in [2.45, 2.75) is 46.2 Å². The fourth-order valence-electron chi connectivity index (χ4n) is 2.14. The molecule has 4 nitrogen and oxygen atoms in total. The Labute approximate surface area is 127 Å². The number of nitriles is 1. The van der Waals surface area contributed by atoms with E-state index in [0.717, 1.165) is 18.5 Å². The summed E-state index contributed by atoms with van der Waals surface area (Å²) >= 11 is 0. The zero-order chi connectivity index (χ0) is 15.7. The van der Waals surface area contributed by atoms with Crippen LogP contribution < -0.4 is 5.32 Å². The first-order valence-corrected chi connectivity index (χ1v) is 7.57. The van der Waals surface area contributed by atoms with Crippen molar-refractivity contribution in [1.82, 2.24) is 10.2 Å². The molecule has 0 spiro atoms. The molecule has 0 aliphatic rings. The van der Waals surface area contributed by atoms with E-state index < -0.39 is 0 Å². The minimum atomic E-state index is 0.149. The second-order valence-corrected chi connectivity index (χ2v) is 5.39. The van der Waals surface area contributed by atoms with Crippen LogP contribution in [0.4, 0.5) is 0 Å². The van der Waals surface area contributed by atoms with Crippen LogP contribution >= 0.6 is 0 Å². The normalized spacial score (nSPS) is 10.4. The van der Waals surface area contributed by atoms with Gasteiger partial charge in [0.2, 0.25) is 5.91 Å². The summed E-state index contributed by atoms with van der Waals surface area (Å²) in [6.07, 6.45) is 1.38. The molecular formula is C17H25N3O. The first-order chi connectivity index (χ1) is 10.1. The van der Waals surface area contributed by atoms with Crippen LogP contribution in [0.3, 0.4) is 0 Å². The highest BCUT2D eigenvalue weighted by atomic mass is 16.2. The van der Waals surface area contributed by atoms with Crippen LogP contribution in [-0.4, -0.2) is 29.9 Å². The first-order valence-electron chi connectivity index (χ1n) is 7.57. The molecule has 0 saturated heterocycles. The average molecular weight is 287 g/mol. The monoisotopic (exact) mass is 287 g/mol. The zero-order valence-electron chi connectivity index (χ0n) is 13.2. The van der Waals surface area contributed by atoms with Gasteiger partial charge in [0.15, 0.2) is 0 Å². The summed E-state index contributed by atoms with van der Waals surface area (Å²) in [5, 5.41) is 12.4. The maximum Gasteiger partial charge on any atom is 0.222 e. The molecule has 1 N–H and O–H groups in total. The van der Waals surface area contributed by atoms with Crippen molar-refractivity contribution in [3.8, 4) is 6.07 Å². The van der Waals surface area contributed by atoms with Gasteiger partial charge in [-0.25, -0.2) is 0 Å². The van der Waals surface area contributed by atoms with Crippen molar-refractivity contribution in [2.24, 2.45) is 0 Å². The number of hydrogen-bond acceptors (Lipinski definition) is 3. The van der Waals surface area contributed by atoms with Crippen LogP contribution in [0.25, 0.3) is 0 Å². The van der Waals surface area contributed by atoms with E-state index in [9.17, 15) is 4.79 Å². The van der Waals surface area contributed by atoms with Gasteiger partial charge in [0.25, 0.3) is 0 Å². The van der Waals surface area contributed by atoms with Gasteiger partial charge < -0.3 is 10.2 Å². The third-order valence-electron chi connectivity index (χ3n) is 3.35. The van der Waals surface area contributed by atoms with Crippen LogP contribution in [0, 0.1) is 11.3 Å². The lowest BCUT2D eigenvalue weighted by atomic mass is 10.1. The van der Waals surface area contributed by atoms with Gasteiger partial charge in [0.1, 0.15) is 0 Å². The summed E-state index contributed by atoms with van der Waals surface area (Å²) < 4.78 is 0. The Morgan fingerprint density at radius 3 is 2.71 bits per heavy atom. The molecule has 1 aromatic carbocycles. The molecule has 21 heavy (non-hydrogen) atoms. The highest BCUT2D eigenvalue weighted by molar-refractivity contribution is 5.76. The van der Waals surface area contributed by atoms with E-state index in [0.29, 0.717) is 31.1 Å². The van der Waals surface area contributed by atoms with Crippen molar-refractivity contribution in [1.29, 1.82) is 5.26 Å². The SMILES string of the molecule is CCN(Cc1ccccc1C#N)C(=O)CCCNC(C)C. The smallest absolute Gasteiger partial charge is 0.222 e. The minimum absolute atomic E-state index is 0.149. The van der Waals surface area contributed by atoms with Crippen molar-refractivity contribution in [2.75, 3.05) is 13.1 Å². The summed E-state index contributed by atoms with van der Waals surface area (Å²) in [6, 6.07) is 10.1. The second kappa shape index (κ2) is 9.15. The molecule has 0 aromatic heterocycles. The van der Waals surface area contributed by atoms with E-state index in [2.05, 4.69) is 25.2 Å². The van der Waals surface area contributed by atoms with Gasteiger partial charge in [-0.3, -0.25) is 4.79 Å². The van der Waals surface area contributed by atoms with Crippen LogP contribution in [-0.2, 0) is 11.3 Å². The lowest BCUT2D eigenvalue weighted by Crippen LogP contribution is -2.31. The summed E-state index contributed by atoms with van der Waals surface area (Å²) in [5.41, 5.74) is 1.56. The lowest BCUT2D eigenvalue weighted by Gasteiger charge is -2.21. The molecule has 0 saturated carbocycles. The predicted octanol–water partition coefficient (Wildman–Crippen LogP) is 2.68. The van der Waals surface area contributed by atoms with Crippen LogP contribution in [0.15, 0.2) is 24.3 Å². The largest absolute Gasteiger partial charge is 0.339 e. The van der Waals surface area contributed by atoms with Crippen molar-refractivity contribution >= 4 is 5.91 Å². The molecule has 114 valence electrons. The second-order valence-electron chi connectivity index (χ2n) is 5.39. The predicted molar refractivity (Wildman–Crippen MR) is 84.6 cm³/mol. The van der Waals surface area contributed by atoms with Gasteiger partial charge in [0.05, 0.1) is 11.6 Å². The van der Waals surface area contributed by atoms with Gasteiger partial charge in [-0.1, -0.05) is 32.0 Å². The molecule has 0 heterocycles. The number of hydrogen-bond donors (Lipinski definition) is 1. The topological polar surface area (TPSA) is 56.1 Å². The average Bonchev–Trinajstić information content (AvgIpc) is 2.49. The van der Waals surface area contributed by atoms with Crippen molar-refractivity contribution < 1.29 is 4.79 Å². The van der Waals surface area contributed by atoms with Gasteiger partial charge in [-0.05, 0) is 31.5 Å². The number of rotatable bonds is 8. The Bertz CT molecular complexity index is 491. The fraction of sp³-hybridized carbons (Fsp3) is 0.529. The number of amides is 1. The van der Waals surface area contributed by atoms with Crippen LogP contribution in [0.2, 0.25) is 0 Å². The maximum atomic E-state index is 12.2. The molecule has 4 heteroatoms. The van der Waals surface area contributed by atoms with Crippen LogP contribution in [0.1, 0.15) is 44.7 Å². The zero-order valence-corrected chi connectivity index (χ0v) is 13.2. The van der Waals surface area contributed by atoms with E-state index in [-0.39, 0.29) is 5.91 Å². The number of carbonyl (C=O) groups is 1. The summed E-state index contributed by atoms with van der Waals surface area (Å²) in [4.78, 5) is 14.0. The molecule has 1 aromatic rings. The number of nitrogens with zero attached hydrogens (tertiary/aromatic N) is 2. The van der Waals surface area contributed by atoms with E-state index in [4.69, 9.17) is 5.26 Å². The minimum Gasteiger partial charge on any atom is -0.339 e. The van der Waals surface area contributed by atoms with E-state index >= 15 is 0 Å². The Morgan fingerprint density at radius 1 is 1.38 bits per heavy atom. The Morgan fingerprint density at radius 2 is 2.10 bits per heavy atom. The standard InChI is InChI=1S/C17H25N3O/c1-4-20(17(21)10-7-11-19-14(2)3)13-16-9-6-5-8-15(16)12-18/h5-6,8-9,14,19H,4,7,10-11,13H2,1-3H3. The molecule has 1 amide bonds. The summed E-state index contributed by atoms with van der Waals surface area (Å²) in [5.74, 6) is 0.149. The lowest BCUT2D eigenvalue weighted by molar-refractivity contribution is -0.131. The highest BCUT2D eigenvalue weighted by Crippen LogP contribution is 2.12. The molecular weight excluding hydrogens is 262 g/mol. The summed E-state index contributed by atoms with van der Waals surface area (Å²) in [6.45, 7) is 8.19. The molecule has 0 aliphatic carbocycles. The molecule has 0 bridgehead atoms. The first kappa shape index (κ1) is 17.2. The third kappa shape index (κ3) is 5.97. The van der Waals surface area contributed by atoms with Gasteiger partial charge in [-0.15, -0.1) is 0 Å². The van der Waals surface area contributed by atoms with E-state index in [1.165, 1.54) is 0 Å². The maximum absolute atomic E-state index is 12.2. The molecule has 0 atom stereocenters. The van der Waals surface area contributed by atoms with Crippen molar-refractivity contribution in [3.05, 3.63) is 35.4 Å². The fourth-order valence-corrected chi connectivity index (χ4v) is 2.14. The highest BCUT2D eigenvalue weighted by Gasteiger charge is 2.13.